The van der Waals surface area contributed by atoms with Crippen LogP contribution in [0.1, 0.15) is 33.6 Å². The lowest BCUT2D eigenvalue weighted by molar-refractivity contribution is -0.118. The molecular weight excluding hydrogens is 318 g/mol. The normalized spacial score (nSPS) is 11.0. The van der Waals surface area contributed by atoms with E-state index < -0.39 is 0 Å². The maximum Gasteiger partial charge on any atom is 0.228 e. The van der Waals surface area contributed by atoms with Gasteiger partial charge in [-0.05, 0) is 26.1 Å². The molecule has 0 fully saturated rings. The molecule has 0 atom stereocenters. The summed E-state index contributed by atoms with van der Waals surface area (Å²) >= 11 is 1.55. The van der Waals surface area contributed by atoms with Gasteiger partial charge in [0.25, 0.3) is 0 Å². The van der Waals surface area contributed by atoms with E-state index in [0.717, 1.165) is 49.0 Å². The van der Waals surface area contributed by atoms with Gasteiger partial charge in [-0.2, -0.15) is 0 Å². The van der Waals surface area contributed by atoms with Gasteiger partial charge in [-0.3, -0.25) is 9.69 Å². The summed E-state index contributed by atoms with van der Waals surface area (Å²) in [7, 11) is 0. The van der Waals surface area contributed by atoms with Gasteiger partial charge < -0.3 is 4.90 Å². The van der Waals surface area contributed by atoms with Crippen LogP contribution < -0.4 is 4.90 Å². The summed E-state index contributed by atoms with van der Waals surface area (Å²) in [6.45, 7) is 10.1. The van der Waals surface area contributed by atoms with Crippen LogP contribution in [0, 0.1) is 0 Å². The van der Waals surface area contributed by atoms with Gasteiger partial charge in [0.1, 0.15) is 0 Å². The summed E-state index contributed by atoms with van der Waals surface area (Å²) in [4.78, 5) is 21.3. The second-order valence-corrected chi connectivity index (χ2v) is 6.50. The van der Waals surface area contributed by atoms with Gasteiger partial charge in [-0.25, -0.2) is 4.98 Å². The van der Waals surface area contributed by atoms with Crippen LogP contribution in [0.5, 0.6) is 0 Å². The van der Waals surface area contributed by atoms with Crippen LogP contribution in [-0.2, 0) is 4.79 Å². The van der Waals surface area contributed by atoms with Gasteiger partial charge in [0.05, 0.1) is 5.69 Å². The number of nitrogens with zero attached hydrogens (tertiary/aromatic N) is 3. The van der Waals surface area contributed by atoms with Gasteiger partial charge in [-0.1, -0.05) is 51.1 Å². The summed E-state index contributed by atoms with van der Waals surface area (Å²) < 4.78 is 0. The average Bonchev–Trinajstić information content (AvgIpc) is 3.12. The first-order valence-corrected chi connectivity index (χ1v) is 9.61. The predicted molar refractivity (Wildman–Crippen MR) is 103 cm³/mol. The maximum atomic E-state index is 12.4. The minimum Gasteiger partial charge on any atom is -0.304 e. The molecule has 1 aromatic carbocycles. The molecular formula is C19H27N3OS. The zero-order chi connectivity index (χ0) is 17.4. The van der Waals surface area contributed by atoms with Crippen molar-refractivity contribution in [2.24, 2.45) is 0 Å². The van der Waals surface area contributed by atoms with Gasteiger partial charge >= 0.3 is 0 Å². The van der Waals surface area contributed by atoms with Gasteiger partial charge in [0.2, 0.25) is 5.91 Å². The fourth-order valence-electron chi connectivity index (χ4n) is 2.64. The number of rotatable bonds is 9. The van der Waals surface area contributed by atoms with Crippen molar-refractivity contribution >= 4 is 22.4 Å². The van der Waals surface area contributed by atoms with E-state index >= 15 is 0 Å². The van der Waals surface area contributed by atoms with E-state index in [-0.39, 0.29) is 5.91 Å². The van der Waals surface area contributed by atoms with Crippen LogP contribution in [0.25, 0.3) is 11.3 Å². The number of hydrogen-bond acceptors (Lipinski definition) is 4. The molecule has 0 unspecified atom stereocenters. The lowest BCUT2D eigenvalue weighted by Crippen LogP contribution is -2.34. The Morgan fingerprint density at radius 1 is 1.08 bits per heavy atom. The summed E-state index contributed by atoms with van der Waals surface area (Å²) in [5, 5.41) is 2.84. The zero-order valence-corrected chi connectivity index (χ0v) is 15.7. The lowest BCUT2D eigenvalue weighted by Gasteiger charge is -2.22. The first-order valence-electron chi connectivity index (χ1n) is 8.73. The molecule has 0 aliphatic rings. The van der Waals surface area contributed by atoms with Crippen LogP contribution in [-0.4, -0.2) is 42.0 Å². The Morgan fingerprint density at radius 3 is 2.42 bits per heavy atom. The van der Waals surface area contributed by atoms with Crippen LogP contribution in [0.15, 0.2) is 35.7 Å². The Balaban J connectivity index is 2.08. The SMILES string of the molecule is CCC(=O)N(CCCN(CC)CC)c1nc(-c2ccccc2)cs1. The third kappa shape index (κ3) is 4.89. The number of hydrogen-bond donors (Lipinski definition) is 0. The van der Waals surface area contributed by atoms with Crippen molar-refractivity contribution in [3.05, 3.63) is 35.7 Å². The van der Waals surface area contributed by atoms with Gasteiger partial charge in [0.15, 0.2) is 5.13 Å². The highest BCUT2D eigenvalue weighted by Gasteiger charge is 2.18. The quantitative estimate of drug-likeness (QED) is 0.680. The minimum absolute atomic E-state index is 0.142. The van der Waals surface area contributed by atoms with Crippen molar-refractivity contribution in [3.8, 4) is 11.3 Å². The lowest BCUT2D eigenvalue weighted by atomic mass is 10.2. The second kappa shape index (κ2) is 9.55. The third-order valence-electron chi connectivity index (χ3n) is 4.15. The number of carbonyl (C=O) groups is 1. The predicted octanol–water partition coefficient (Wildman–Crippen LogP) is 4.29. The molecule has 2 rings (SSSR count). The largest absolute Gasteiger partial charge is 0.304 e. The first-order chi connectivity index (χ1) is 11.7. The topological polar surface area (TPSA) is 36.4 Å². The molecule has 0 spiro atoms. The maximum absolute atomic E-state index is 12.4. The molecule has 1 amide bonds. The highest BCUT2D eigenvalue weighted by molar-refractivity contribution is 7.14. The van der Waals surface area contributed by atoms with E-state index in [1.807, 2.05) is 47.5 Å². The molecule has 0 saturated carbocycles. The van der Waals surface area contributed by atoms with E-state index in [0.29, 0.717) is 6.42 Å². The van der Waals surface area contributed by atoms with Crippen molar-refractivity contribution < 1.29 is 4.79 Å². The van der Waals surface area contributed by atoms with Crippen molar-refractivity contribution in [3.63, 3.8) is 0 Å². The van der Waals surface area contributed by atoms with E-state index in [1.54, 1.807) is 11.3 Å². The van der Waals surface area contributed by atoms with Crippen LogP contribution in [0.4, 0.5) is 5.13 Å². The molecule has 0 N–H and O–H groups in total. The summed E-state index contributed by atoms with van der Waals surface area (Å²) in [5.41, 5.74) is 2.03. The van der Waals surface area contributed by atoms with E-state index in [4.69, 9.17) is 4.98 Å². The zero-order valence-electron chi connectivity index (χ0n) is 14.9. The minimum atomic E-state index is 0.142. The standard InChI is InChI=1S/C19H27N3OS/c1-4-18(23)22(14-10-13-21(5-2)6-3)19-20-17(15-24-19)16-11-8-7-9-12-16/h7-9,11-12,15H,4-6,10,13-14H2,1-3H3. The summed E-state index contributed by atoms with van der Waals surface area (Å²) in [5.74, 6) is 0.142. The van der Waals surface area contributed by atoms with Crippen molar-refractivity contribution in [2.75, 3.05) is 31.1 Å². The Labute approximate surface area is 149 Å². The van der Waals surface area contributed by atoms with E-state index in [1.165, 1.54) is 0 Å². The molecule has 5 heteroatoms. The fraction of sp³-hybridized carbons (Fsp3) is 0.474. The molecule has 2 aromatic rings. The molecule has 1 aromatic heterocycles. The van der Waals surface area contributed by atoms with Crippen molar-refractivity contribution in [1.82, 2.24) is 9.88 Å². The smallest absolute Gasteiger partial charge is 0.228 e. The van der Waals surface area contributed by atoms with Gasteiger partial charge in [0, 0.05) is 23.9 Å². The fourth-order valence-corrected chi connectivity index (χ4v) is 3.52. The van der Waals surface area contributed by atoms with Gasteiger partial charge in [-0.15, -0.1) is 11.3 Å². The number of carbonyl (C=O) groups excluding carboxylic acids is 1. The van der Waals surface area contributed by atoms with E-state index in [9.17, 15) is 4.79 Å². The Morgan fingerprint density at radius 2 is 1.79 bits per heavy atom. The number of thiazole rings is 1. The summed E-state index contributed by atoms with van der Waals surface area (Å²) in [6.07, 6.45) is 1.47. The third-order valence-corrected chi connectivity index (χ3v) is 5.01. The molecule has 0 saturated heterocycles. The molecule has 0 bridgehead atoms. The molecule has 0 radical (unpaired) electrons. The second-order valence-electron chi connectivity index (χ2n) is 5.66. The monoisotopic (exact) mass is 345 g/mol. The van der Waals surface area contributed by atoms with Crippen molar-refractivity contribution in [1.29, 1.82) is 0 Å². The highest BCUT2D eigenvalue weighted by atomic mass is 32.1. The Bertz CT molecular complexity index is 623. The van der Waals surface area contributed by atoms with Crippen molar-refractivity contribution in [2.45, 2.75) is 33.6 Å². The number of aromatic nitrogens is 1. The van der Waals surface area contributed by atoms with Crippen LogP contribution >= 0.6 is 11.3 Å². The molecule has 24 heavy (non-hydrogen) atoms. The summed E-state index contributed by atoms with van der Waals surface area (Å²) in [6, 6.07) is 10.1. The molecule has 130 valence electrons. The number of amides is 1. The van der Waals surface area contributed by atoms with Crippen LogP contribution in [0.2, 0.25) is 0 Å². The highest BCUT2D eigenvalue weighted by Crippen LogP contribution is 2.27. The molecule has 0 aliphatic heterocycles. The molecule has 1 heterocycles. The van der Waals surface area contributed by atoms with E-state index in [2.05, 4.69) is 18.7 Å². The number of anilines is 1. The molecule has 0 aliphatic carbocycles. The van der Waals surface area contributed by atoms with Crippen LogP contribution in [0.3, 0.4) is 0 Å². The Kier molecular flexibility index (Phi) is 7.40. The first kappa shape index (κ1) is 18.6. The molecule has 4 nitrogen and oxygen atoms in total. The number of benzene rings is 1. The average molecular weight is 346 g/mol. The Hall–Kier alpha value is -1.72.